The number of carbonyl (C=O) groups is 1. The molecular formula is C8H15N3O2. The molecule has 13 heavy (non-hydrogen) atoms. The van der Waals surface area contributed by atoms with Gasteiger partial charge in [-0.1, -0.05) is 5.16 Å². The molecule has 0 rings (SSSR count). The minimum absolute atomic E-state index is 0.0718. The Kier molecular flexibility index (Phi) is 4.10. The molecular weight excluding hydrogens is 170 g/mol. The van der Waals surface area contributed by atoms with Crippen LogP contribution in [0.5, 0.6) is 0 Å². The van der Waals surface area contributed by atoms with Crippen molar-refractivity contribution < 1.29 is 9.63 Å². The number of amides is 1. The number of rotatable bonds is 1. The van der Waals surface area contributed by atoms with Crippen molar-refractivity contribution in [3.05, 3.63) is 0 Å². The molecule has 0 aliphatic heterocycles. The van der Waals surface area contributed by atoms with Gasteiger partial charge in [-0.25, -0.2) is 4.99 Å². The van der Waals surface area contributed by atoms with E-state index in [1.165, 1.54) is 7.11 Å². The summed E-state index contributed by atoms with van der Waals surface area (Å²) in [6.07, 6.45) is 0. The largest absolute Gasteiger partial charge is 0.397 e. The fourth-order valence-corrected chi connectivity index (χ4v) is 0.625. The Bertz CT molecular complexity index is 228. The first-order valence-electron chi connectivity index (χ1n) is 3.81. The van der Waals surface area contributed by atoms with Crippen LogP contribution in [0.3, 0.4) is 0 Å². The lowest BCUT2D eigenvalue weighted by Gasteiger charge is -2.19. The number of hydrogen-bond donors (Lipinski definition) is 1. The highest BCUT2D eigenvalue weighted by atomic mass is 16.6. The maximum absolute atomic E-state index is 11.3. The van der Waals surface area contributed by atoms with Gasteiger partial charge in [0.05, 0.1) is 0 Å². The van der Waals surface area contributed by atoms with E-state index in [-0.39, 0.29) is 11.4 Å². The molecule has 0 bridgehead atoms. The summed E-state index contributed by atoms with van der Waals surface area (Å²) in [5.74, 6) is -0.471. The van der Waals surface area contributed by atoms with Gasteiger partial charge in [0, 0.05) is 5.54 Å². The molecule has 0 spiro atoms. The molecule has 0 heterocycles. The van der Waals surface area contributed by atoms with Crippen LogP contribution in [0.15, 0.2) is 10.1 Å². The number of amidine groups is 1. The first-order chi connectivity index (χ1) is 5.90. The fraction of sp³-hybridized carbons (Fsp3) is 0.625. The Labute approximate surface area is 77.9 Å². The van der Waals surface area contributed by atoms with Gasteiger partial charge in [-0.05, 0) is 27.5 Å². The Morgan fingerprint density at radius 3 is 2.31 bits per heavy atom. The Hall–Kier alpha value is -1.39. The van der Waals surface area contributed by atoms with Crippen LogP contribution in [0.4, 0.5) is 0 Å². The average Bonchev–Trinajstić information content (AvgIpc) is 1.96. The highest BCUT2D eigenvalue weighted by molar-refractivity contribution is 6.38. The zero-order valence-corrected chi connectivity index (χ0v) is 8.42. The maximum Gasteiger partial charge on any atom is 0.292 e. The molecule has 0 fully saturated rings. The van der Waals surface area contributed by atoms with E-state index in [9.17, 15) is 4.79 Å². The normalized spacial score (nSPS) is 12.2. The first kappa shape index (κ1) is 11.6. The van der Waals surface area contributed by atoms with Gasteiger partial charge in [-0.2, -0.15) is 0 Å². The van der Waals surface area contributed by atoms with Crippen LogP contribution < -0.4 is 5.32 Å². The highest BCUT2D eigenvalue weighted by Gasteiger charge is 2.17. The van der Waals surface area contributed by atoms with Crippen LogP contribution in [0, 0.1) is 0 Å². The second-order valence-corrected chi connectivity index (χ2v) is 3.46. The molecule has 1 amide bonds. The molecule has 0 aliphatic rings. The van der Waals surface area contributed by atoms with E-state index >= 15 is 0 Å². The van der Waals surface area contributed by atoms with Gasteiger partial charge in [0.2, 0.25) is 0 Å². The minimum Gasteiger partial charge on any atom is -0.397 e. The quantitative estimate of drug-likeness (QED) is 0.368. The van der Waals surface area contributed by atoms with Crippen LogP contribution >= 0.6 is 0 Å². The van der Waals surface area contributed by atoms with Crippen molar-refractivity contribution >= 4 is 18.5 Å². The summed E-state index contributed by atoms with van der Waals surface area (Å²) < 4.78 is 0. The zero-order valence-electron chi connectivity index (χ0n) is 8.42. The number of nitrogens with one attached hydrogen (secondary N) is 1. The zero-order chi connectivity index (χ0) is 10.5. The molecule has 74 valence electrons. The summed E-state index contributed by atoms with van der Waals surface area (Å²) >= 11 is 0. The SMILES string of the molecule is C=N/C(=N\OC)C(=O)NC(C)(C)C. The smallest absolute Gasteiger partial charge is 0.292 e. The van der Waals surface area contributed by atoms with E-state index < -0.39 is 5.91 Å². The van der Waals surface area contributed by atoms with E-state index in [0.717, 1.165) is 0 Å². The lowest BCUT2D eigenvalue weighted by molar-refractivity contribution is -0.116. The van der Waals surface area contributed by atoms with E-state index in [4.69, 9.17) is 0 Å². The van der Waals surface area contributed by atoms with Gasteiger partial charge in [0.25, 0.3) is 11.7 Å². The molecule has 0 atom stereocenters. The van der Waals surface area contributed by atoms with Gasteiger partial charge in [0.15, 0.2) is 0 Å². The Morgan fingerprint density at radius 1 is 1.46 bits per heavy atom. The predicted octanol–water partition coefficient (Wildman–Crippen LogP) is 0.562. The van der Waals surface area contributed by atoms with Gasteiger partial charge in [-0.3, -0.25) is 4.79 Å². The molecule has 0 aliphatic carbocycles. The fourth-order valence-electron chi connectivity index (χ4n) is 0.625. The Morgan fingerprint density at radius 2 is 2.00 bits per heavy atom. The van der Waals surface area contributed by atoms with E-state index in [2.05, 4.69) is 27.0 Å². The summed E-state index contributed by atoms with van der Waals surface area (Å²) in [6.45, 7) is 8.79. The predicted molar refractivity (Wildman–Crippen MR) is 51.9 cm³/mol. The molecule has 0 aromatic rings. The monoisotopic (exact) mass is 185 g/mol. The van der Waals surface area contributed by atoms with E-state index in [0.29, 0.717) is 0 Å². The summed E-state index contributed by atoms with van der Waals surface area (Å²) in [5, 5.41) is 6.07. The number of carbonyl (C=O) groups excluding carboxylic acids is 1. The summed E-state index contributed by atoms with van der Waals surface area (Å²) in [7, 11) is 1.34. The lowest BCUT2D eigenvalue weighted by atomic mass is 10.1. The lowest BCUT2D eigenvalue weighted by Crippen LogP contribution is -2.43. The third kappa shape index (κ3) is 4.95. The van der Waals surface area contributed by atoms with Gasteiger partial charge < -0.3 is 10.2 Å². The topological polar surface area (TPSA) is 63.1 Å². The van der Waals surface area contributed by atoms with Gasteiger partial charge in [-0.15, -0.1) is 0 Å². The average molecular weight is 185 g/mol. The molecule has 0 saturated heterocycles. The van der Waals surface area contributed by atoms with Crippen LogP contribution in [0.2, 0.25) is 0 Å². The second kappa shape index (κ2) is 4.59. The van der Waals surface area contributed by atoms with Crippen LogP contribution in [0.25, 0.3) is 0 Å². The minimum atomic E-state index is -0.399. The third-order valence-electron chi connectivity index (χ3n) is 1.02. The molecule has 0 unspecified atom stereocenters. The molecule has 5 nitrogen and oxygen atoms in total. The number of aliphatic imine (C=N–C) groups is 1. The van der Waals surface area contributed by atoms with E-state index in [1.54, 1.807) is 0 Å². The Balaban J connectivity index is 4.41. The van der Waals surface area contributed by atoms with Crippen molar-refractivity contribution in [3.8, 4) is 0 Å². The summed E-state index contributed by atoms with van der Waals surface area (Å²) in [6, 6.07) is 0. The standard InChI is InChI=1S/C8H15N3O2/c1-8(2,3)10-7(12)6(9-4)11-13-5/h4H2,1-3,5H3,(H,10,12)/b11-6-. The van der Waals surface area contributed by atoms with Crippen molar-refractivity contribution in [2.24, 2.45) is 10.1 Å². The van der Waals surface area contributed by atoms with Crippen molar-refractivity contribution in [3.63, 3.8) is 0 Å². The van der Waals surface area contributed by atoms with Gasteiger partial charge in [0.1, 0.15) is 7.11 Å². The first-order valence-corrected chi connectivity index (χ1v) is 3.81. The highest BCUT2D eigenvalue weighted by Crippen LogP contribution is 1.98. The van der Waals surface area contributed by atoms with E-state index in [1.807, 2.05) is 20.8 Å². The number of hydrogen-bond acceptors (Lipinski definition) is 3. The molecule has 5 heteroatoms. The van der Waals surface area contributed by atoms with Crippen LogP contribution in [0.1, 0.15) is 20.8 Å². The molecule has 1 N–H and O–H groups in total. The van der Waals surface area contributed by atoms with Crippen LogP contribution in [-0.4, -0.2) is 31.1 Å². The molecule has 0 aromatic carbocycles. The number of nitrogens with zero attached hydrogens (tertiary/aromatic N) is 2. The molecule has 0 radical (unpaired) electrons. The van der Waals surface area contributed by atoms with Crippen molar-refractivity contribution in [1.82, 2.24) is 5.32 Å². The van der Waals surface area contributed by atoms with Crippen molar-refractivity contribution in [2.75, 3.05) is 7.11 Å². The maximum atomic E-state index is 11.3. The molecule has 0 aromatic heterocycles. The molecule has 0 saturated carbocycles. The van der Waals surface area contributed by atoms with Crippen molar-refractivity contribution in [1.29, 1.82) is 0 Å². The summed E-state index contributed by atoms with van der Waals surface area (Å²) in [4.78, 5) is 19.2. The van der Waals surface area contributed by atoms with Gasteiger partial charge >= 0.3 is 0 Å². The second-order valence-electron chi connectivity index (χ2n) is 3.46. The van der Waals surface area contributed by atoms with Crippen LogP contribution in [-0.2, 0) is 9.63 Å². The third-order valence-corrected chi connectivity index (χ3v) is 1.02. The van der Waals surface area contributed by atoms with Crippen molar-refractivity contribution in [2.45, 2.75) is 26.3 Å². The summed E-state index contributed by atoms with van der Waals surface area (Å²) in [5.41, 5.74) is -0.323. The number of oxime groups is 1.